The lowest BCUT2D eigenvalue weighted by Crippen LogP contribution is -2.64. The molecule has 5 rings (SSSR count). The lowest BCUT2D eigenvalue weighted by molar-refractivity contribution is -0.368. The first-order valence-corrected chi connectivity index (χ1v) is 17.2. The molecule has 2 aliphatic carbocycles. The number of aryl methyl sites for hydroxylation is 1. The molecule has 46 heavy (non-hydrogen) atoms. The summed E-state index contributed by atoms with van der Waals surface area (Å²) in [4.78, 5) is 0. The molecule has 0 radical (unpaired) electrons. The SMILES string of the molecule is CC1=C(CCc2ccoc2)C2(C)CC[C@H](O[C@@H]3O[C@H](COS(=O)(=O)O)[C@@H](O)[C@H](O)[C@H]3O[C@@H]3OC[C@@H](O)[C@H](O)[C@H]3O)C(C)(C)C2CC1. The Morgan fingerprint density at radius 2 is 1.70 bits per heavy atom. The van der Waals surface area contributed by atoms with Crippen molar-refractivity contribution in [2.24, 2.45) is 16.7 Å². The van der Waals surface area contributed by atoms with Crippen LogP contribution in [0, 0.1) is 16.7 Å². The number of hydrogen-bond donors (Lipinski definition) is 6. The Kier molecular flexibility index (Phi) is 10.7. The van der Waals surface area contributed by atoms with Crippen molar-refractivity contribution in [2.45, 2.75) is 128 Å². The normalized spacial score (nSPS) is 41.7. The molecule has 1 saturated carbocycles. The van der Waals surface area contributed by atoms with Gasteiger partial charge in [-0.1, -0.05) is 31.9 Å². The Morgan fingerprint density at radius 1 is 0.957 bits per heavy atom. The minimum atomic E-state index is -4.89. The molecule has 3 heterocycles. The molecular weight excluding hydrogens is 628 g/mol. The molecule has 14 nitrogen and oxygen atoms in total. The molecule has 6 N–H and O–H groups in total. The van der Waals surface area contributed by atoms with E-state index in [0.717, 1.165) is 37.7 Å². The van der Waals surface area contributed by atoms with E-state index in [2.05, 4.69) is 31.9 Å². The number of furan rings is 1. The van der Waals surface area contributed by atoms with Gasteiger partial charge in [-0.3, -0.25) is 4.55 Å². The van der Waals surface area contributed by atoms with Gasteiger partial charge in [0, 0.05) is 0 Å². The van der Waals surface area contributed by atoms with E-state index >= 15 is 0 Å². The molecule has 4 aliphatic rings. The van der Waals surface area contributed by atoms with E-state index in [1.165, 1.54) is 11.1 Å². The molecular formula is C31H48O14S. The van der Waals surface area contributed by atoms with Crippen LogP contribution in [0.4, 0.5) is 0 Å². The average Bonchev–Trinajstić information content (AvgIpc) is 3.50. The van der Waals surface area contributed by atoms with E-state index < -0.39 is 83.8 Å². The first-order chi connectivity index (χ1) is 21.5. The third kappa shape index (κ3) is 7.26. The summed E-state index contributed by atoms with van der Waals surface area (Å²) in [5.74, 6) is 0.207. The van der Waals surface area contributed by atoms with Crippen LogP contribution in [0.1, 0.15) is 65.4 Å². The molecule has 2 saturated heterocycles. The number of fused-ring (bicyclic) bond motifs is 1. The van der Waals surface area contributed by atoms with Gasteiger partial charge in [0.05, 0.1) is 31.8 Å². The second kappa shape index (κ2) is 13.8. The molecule has 1 aromatic rings. The Balaban J connectivity index is 1.37. The van der Waals surface area contributed by atoms with Gasteiger partial charge >= 0.3 is 10.4 Å². The van der Waals surface area contributed by atoms with Crippen LogP contribution in [-0.2, 0) is 40.0 Å². The summed E-state index contributed by atoms with van der Waals surface area (Å²) in [5.41, 5.74) is 3.46. The summed E-state index contributed by atoms with van der Waals surface area (Å²) >= 11 is 0. The number of aliphatic hydroxyl groups excluding tert-OH is 5. The maximum atomic E-state index is 11.3. The fourth-order valence-corrected chi connectivity index (χ4v) is 8.49. The second-order valence-electron chi connectivity index (χ2n) is 14.0. The van der Waals surface area contributed by atoms with Crippen LogP contribution >= 0.6 is 0 Å². The molecule has 0 spiro atoms. The predicted molar refractivity (Wildman–Crippen MR) is 159 cm³/mol. The summed E-state index contributed by atoms with van der Waals surface area (Å²) in [6.45, 7) is 7.59. The quantitative estimate of drug-likeness (QED) is 0.152. The average molecular weight is 677 g/mol. The number of rotatable bonds is 10. The van der Waals surface area contributed by atoms with Crippen LogP contribution in [0.25, 0.3) is 0 Å². The summed E-state index contributed by atoms with van der Waals surface area (Å²) in [6.07, 6.45) is -5.93. The minimum absolute atomic E-state index is 0.0999. The van der Waals surface area contributed by atoms with Crippen LogP contribution in [0.15, 0.2) is 34.2 Å². The van der Waals surface area contributed by atoms with Crippen LogP contribution < -0.4 is 0 Å². The third-order valence-corrected chi connectivity index (χ3v) is 11.2. The summed E-state index contributed by atoms with van der Waals surface area (Å²) in [6, 6.07) is 1.98. The maximum absolute atomic E-state index is 11.3. The van der Waals surface area contributed by atoms with E-state index in [-0.39, 0.29) is 17.9 Å². The molecule has 0 bridgehead atoms. The van der Waals surface area contributed by atoms with Crippen molar-refractivity contribution in [3.05, 3.63) is 35.3 Å². The summed E-state index contributed by atoms with van der Waals surface area (Å²) in [5, 5.41) is 52.5. The maximum Gasteiger partial charge on any atom is 0.397 e. The summed E-state index contributed by atoms with van der Waals surface area (Å²) < 4.78 is 65.1. The highest BCUT2D eigenvalue weighted by Crippen LogP contribution is 2.61. The van der Waals surface area contributed by atoms with Crippen molar-refractivity contribution in [3.63, 3.8) is 0 Å². The monoisotopic (exact) mass is 676 g/mol. The first-order valence-electron chi connectivity index (χ1n) is 15.8. The molecule has 262 valence electrons. The van der Waals surface area contributed by atoms with Gasteiger partial charge in [-0.25, -0.2) is 4.18 Å². The largest absolute Gasteiger partial charge is 0.472 e. The van der Waals surface area contributed by atoms with Crippen molar-refractivity contribution in [1.29, 1.82) is 0 Å². The molecule has 12 atom stereocenters. The van der Waals surface area contributed by atoms with Crippen LogP contribution in [0.2, 0.25) is 0 Å². The zero-order chi connectivity index (χ0) is 33.6. The standard InChI is InChI=1S/C31H48O14S/c1-16-5-8-21-30(2,3)22(9-11-31(21,4)18(16)7-6-17-10-12-40-13-17)44-29-27(45-28-26(36)23(33)19(32)14-41-28)25(35)24(34)20(43-29)15-42-46(37,38)39/h10,12-13,19-29,32-36H,5-9,11,14-15H2,1-4H3,(H,37,38,39)/t19-,20-,21?,22+,23+,24-,25+,26-,27-,28+,29+,31?/m1/s1. The van der Waals surface area contributed by atoms with E-state index in [1.807, 2.05) is 6.07 Å². The number of aliphatic hydroxyl groups is 5. The van der Waals surface area contributed by atoms with E-state index in [0.29, 0.717) is 6.42 Å². The Morgan fingerprint density at radius 3 is 2.37 bits per heavy atom. The van der Waals surface area contributed by atoms with Crippen molar-refractivity contribution in [3.8, 4) is 0 Å². The van der Waals surface area contributed by atoms with Gasteiger partial charge in [0.1, 0.15) is 42.7 Å². The van der Waals surface area contributed by atoms with Gasteiger partial charge in [-0.05, 0) is 73.8 Å². The highest BCUT2D eigenvalue weighted by atomic mass is 32.3. The van der Waals surface area contributed by atoms with Crippen molar-refractivity contribution >= 4 is 10.4 Å². The smallest absolute Gasteiger partial charge is 0.397 e. The fraction of sp³-hybridized carbons (Fsp3) is 0.806. The zero-order valence-corrected chi connectivity index (χ0v) is 27.4. The van der Waals surface area contributed by atoms with Crippen molar-refractivity contribution in [2.75, 3.05) is 13.2 Å². The highest BCUT2D eigenvalue weighted by Gasteiger charge is 2.57. The van der Waals surface area contributed by atoms with Gasteiger partial charge in [0.25, 0.3) is 0 Å². The molecule has 15 heteroatoms. The molecule has 0 aromatic carbocycles. The van der Waals surface area contributed by atoms with Gasteiger partial charge in [-0.15, -0.1) is 0 Å². The van der Waals surface area contributed by atoms with Crippen molar-refractivity contribution in [1.82, 2.24) is 0 Å². The van der Waals surface area contributed by atoms with Gasteiger partial charge in [0.2, 0.25) is 0 Å². The van der Waals surface area contributed by atoms with Crippen molar-refractivity contribution < 1.29 is 66.1 Å². The Labute approximate surface area is 269 Å². The zero-order valence-electron chi connectivity index (χ0n) is 26.6. The minimum Gasteiger partial charge on any atom is -0.472 e. The topological polar surface area (TPSA) is 215 Å². The van der Waals surface area contributed by atoms with Gasteiger partial charge in [0.15, 0.2) is 12.6 Å². The van der Waals surface area contributed by atoms with Gasteiger partial charge < -0.3 is 48.9 Å². The van der Waals surface area contributed by atoms with E-state index in [4.69, 9.17) is 27.9 Å². The van der Waals surface area contributed by atoms with E-state index in [1.54, 1.807) is 12.5 Å². The fourth-order valence-electron chi connectivity index (χ4n) is 8.19. The van der Waals surface area contributed by atoms with E-state index in [9.17, 15) is 34.0 Å². The first kappa shape index (κ1) is 35.8. The molecule has 2 unspecified atom stereocenters. The summed E-state index contributed by atoms with van der Waals surface area (Å²) in [7, 11) is -4.89. The van der Waals surface area contributed by atoms with Gasteiger partial charge in [-0.2, -0.15) is 8.42 Å². The molecule has 0 amide bonds. The lowest BCUT2D eigenvalue weighted by Gasteiger charge is -2.58. The predicted octanol–water partition coefficient (Wildman–Crippen LogP) is 1.24. The number of allylic oxidation sites excluding steroid dienone is 2. The highest BCUT2D eigenvalue weighted by molar-refractivity contribution is 7.80. The molecule has 1 aromatic heterocycles. The number of ether oxygens (including phenoxy) is 4. The van der Waals surface area contributed by atoms with Crippen LogP contribution in [-0.4, -0.2) is 113 Å². The molecule has 3 fully saturated rings. The molecule has 2 aliphatic heterocycles. The number of hydrogen-bond acceptors (Lipinski definition) is 13. The Bertz CT molecular complexity index is 1310. The van der Waals surface area contributed by atoms with Crippen LogP contribution in [0.3, 0.4) is 0 Å². The second-order valence-corrected chi connectivity index (χ2v) is 15.1. The Hall–Kier alpha value is -1.47. The lowest BCUT2D eigenvalue weighted by atomic mass is 9.49. The van der Waals surface area contributed by atoms with Crippen LogP contribution in [0.5, 0.6) is 0 Å². The third-order valence-electron chi connectivity index (χ3n) is 10.7.